The van der Waals surface area contributed by atoms with Crippen molar-refractivity contribution in [3.63, 3.8) is 0 Å². The SMILES string of the molecule is Cc1nnc(-c2cc(I)ccn2)s1. The average molecular weight is 303 g/mol. The lowest BCUT2D eigenvalue weighted by molar-refractivity contribution is 1.05. The highest BCUT2D eigenvalue weighted by Gasteiger charge is 2.04. The van der Waals surface area contributed by atoms with Crippen molar-refractivity contribution in [2.24, 2.45) is 0 Å². The van der Waals surface area contributed by atoms with Crippen LogP contribution in [0.1, 0.15) is 5.01 Å². The third-order valence-electron chi connectivity index (χ3n) is 1.47. The lowest BCUT2D eigenvalue weighted by atomic mass is 10.4. The molecule has 0 saturated heterocycles. The molecular formula is C8H6IN3S. The van der Waals surface area contributed by atoms with Crippen LogP contribution in [0.5, 0.6) is 0 Å². The Labute approximate surface area is 93.4 Å². The minimum atomic E-state index is 0.885. The Hall–Kier alpha value is -0.560. The molecule has 0 bridgehead atoms. The van der Waals surface area contributed by atoms with Gasteiger partial charge in [0.25, 0.3) is 0 Å². The van der Waals surface area contributed by atoms with E-state index in [-0.39, 0.29) is 0 Å². The van der Waals surface area contributed by atoms with Crippen LogP contribution >= 0.6 is 33.9 Å². The molecule has 0 aliphatic rings. The first kappa shape index (κ1) is 9.01. The number of halogens is 1. The molecule has 3 nitrogen and oxygen atoms in total. The Kier molecular flexibility index (Phi) is 2.54. The van der Waals surface area contributed by atoms with E-state index in [4.69, 9.17) is 0 Å². The Morgan fingerprint density at radius 1 is 1.38 bits per heavy atom. The van der Waals surface area contributed by atoms with Gasteiger partial charge in [-0.2, -0.15) is 0 Å². The van der Waals surface area contributed by atoms with Crippen LogP contribution in [0.2, 0.25) is 0 Å². The van der Waals surface area contributed by atoms with Crippen molar-refractivity contribution in [2.75, 3.05) is 0 Å². The summed E-state index contributed by atoms with van der Waals surface area (Å²) < 4.78 is 1.16. The van der Waals surface area contributed by atoms with Gasteiger partial charge >= 0.3 is 0 Å². The van der Waals surface area contributed by atoms with Crippen LogP contribution < -0.4 is 0 Å². The topological polar surface area (TPSA) is 38.7 Å². The second-order valence-corrected chi connectivity index (χ2v) is 4.91. The molecule has 5 heteroatoms. The molecule has 0 amide bonds. The maximum atomic E-state index is 4.23. The average Bonchev–Trinajstić information content (AvgIpc) is 2.52. The minimum Gasteiger partial charge on any atom is -0.254 e. The molecule has 0 unspecified atom stereocenters. The van der Waals surface area contributed by atoms with E-state index in [1.54, 1.807) is 17.5 Å². The second-order valence-electron chi connectivity index (χ2n) is 2.49. The van der Waals surface area contributed by atoms with Gasteiger partial charge in [0.15, 0.2) is 5.01 Å². The van der Waals surface area contributed by atoms with Crippen LogP contribution in [0.25, 0.3) is 10.7 Å². The van der Waals surface area contributed by atoms with Gasteiger partial charge in [0.2, 0.25) is 0 Å². The van der Waals surface area contributed by atoms with Crippen LogP contribution in [0.3, 0.4) is 0 Å². The zero-order chi connectivity index (χ0) is 9.26. The molecule has 2 aromatic rings. The van der Waals surface area contributed by atoms with Crippen molar-refractivity contribution in [1.82, 2.24) is 15.2 Å². The number of aromatic nitrogens is 3. The van der Waals surface area contributed by atoms with Gasteiger partial charge in [-0.25, -0.2) is 0 Å². The minimum absolute atomic E-state index is 0.885. The van der Waals surface area contributed by atoms with Crippen molar-refractivity contribution in [3.05, 3.63) is 26.9 Å². The number of pyridine rings is 1. The third kappa shape index (κ3) is 2.02. The van der Waals surface area contributed by atoms with Gasteiger partial charge in [-0.15, -0.1) is 10.2 Å². The summed E-state index contributed by atoms with van der Waals surface area (Å²) in [6.07, 6.45) is 1.79. The summed E-state index contributed by atoms with van der Waals surface area (Å²) in [6.45, 7) is 1.94. The van der Waals surface area contributed by atoms with Crippen molar-refractivity contribution in [1.29, 1.82) is 0 Å². The molecule has 2 heterocycles. The number of hydrogen-bond acceptors (Lipinski definition) is 4. The number of rotatable bonds is 1. The summed E-state index contributed by atoms with van der Waals surface area (Å²) >= 11 is 3.82. The summed E-state index contributed by atoms with van der Waals surface area (Å²) in [7, 11) is 0. The largest absolute Gasteiger partial charge is 0.254 e. The fourth-order valence-electron chi connectivity index (χ4n) is 0.922. The molecule has 0 aromatic carbocycles. The van der Waals surface area contributed by atoms with E-state index in [1.807, 2.05) is 19.1 Å². The van der Waals surface area contributed by atoms with E-state index in [0.717, 1.165) is 19.3 Å². The Morgan fingerprint density at radius 2 is 2.23 bits per heavy atom. The van der Waals surface area contributed by atoms with Crippen molar-refractivity contribution < 1.29 is 0 Å². The van der Waals surface area contributed by atoms with Crippen LogP contribution in [0.15, 0.2) is 18.3 Å². The molecule has 13 heavy (non-hydrogen) atoms. The first-order valence-corrected chi connectivity index (χ1v) is 5.57. The van der Waals surface area contributed by atoms with E-state index < -0.39 is 0 Å². The maximum Gasteiger partial charge on any atom is 0.166 e. The third-order valence-corrected chi connectivity index (χ3v) is 3.00. The molecule has 0 aliphatic heterocycles. The van der Waals surface area contributed by atoms with Crippen LogP contribution in [-0.2, 0) is 0 Å². The predicted molar refractivity (Wildman–Crippen MR) is 60.6 cm³/mol. The Balaban J connectivity index is 2.46. The van der Waals surface area contributed by atoms with Gasteiger partial charge in [-0.05, 0) is 41.6 Å². The highest BCUT2D eigenvalue weighted by molar-refractivity contribution is 14.1. The molecule has 0 fully saturated rings. The maximum absolute atomic E-state index is 4.23. The monoisotopic (exact) mass is 303 g/mol. The van der Waals surface area contributed by atoms with E-state index in [2.05, 4.69) is 37.8 Å². The van der Waals surface area contributed by atoms with Crippen LogP contribution in [0, 0.1) is 10.5 Å². The molecule has 0 aliphatic carbocycles. The first-order valence-electron chi connectivity index (χ1n) is 3.68. The highest BCUT2D eigenvalue weighted by Crippen LogP contribution is 2.21. The van der Waals surface area contributed by atoms with Crippen molar-refractivity contribution in [3.8, 4) is 10.7 Å². The number of hydrogen-bond donors (Lipinski definition) is 0. The Morgan fingerprint density at radius 3 is 2.85 bits per heavy atom. The van der Waals surface area contributed by atoms with Gasteiger partial charge in [-0.1, -0.05) is 11.3 Å². The zero-order valence-corrected chi connectivity index (χ0v) is 9.83. The van der Waals surface area contributed by atoms with E-state index in [9.17, 15) is 0 Å². The molecule has 0 saturated carbocycles. The van der Waals surface area contributed by atoms with Crippen LogP contribution in [0.4, 0.5) is 0 Å². The molecule has 0 atom stereocenters. The van der Waals surface area contributed by atoms with E-state index in [0.29, 0.717) is 0 Å². The molecule has 66 valence electrons. The van der Waals surface area contributed by atoms with Crippen LogP contribution in [-0.4, -0.2) is 15.2 Å². The second kappa shape index (κ2) is 3.67. The van der Waals surface area contributed by atoms with Gasteiger partial charge in [0.1, 0.15) is 10.7 Å². The fraction of sp³-hybridized carbons (Fsp3) is 0.125. The summed E-state index contributed by atoms with van der Waals surface area (Å²) in [5.74, 6) is 0. The number of aryl methyl sites for hydroxylation is 1. The summed E-state index contributed by atoms with van der Waals surface area (Å²) in [4.78, 5) is 4.23. The summed E-state index contributed by atoms with van der Waals surface area (Å²) in [6, 6.07) is 3.96. The van der Waals surface area contributed by atoms with Gasteiger partial charge < -0.3 is 0 Å². The molecular weight excluding hydrogens is 297 g/mol. The molecule has 2 rings (SSSR count). The van der Waals surface area contributed by atoms with Gasteiger partial charge in [0, 0.05) is 9.77 Å². The lowest BCUT2D eigenvalue weighted by Crippen LogP contribution is -1.82. The van der Waals surface area contributed by atoms with Gasteiger partial charge in [-0.3, -0.25) is 4.98 Å². The fourth-order valence-corrected chi connectivity index (χ4v) is 2.04. The van der Waals surface area contributed by atoms with Crippen molar-refractivity contribution >= 4 is 33.9 Å². The highest BCUT2D eigenvalue weighted by atomic mass is 127. The van der Waals surface area contributed by atoms with Gasteiger partial charge in [0.05, 0.1) is 0 Å². The van der Waals surface area contributed by atoms with Crippen molar-refractivity contribution in [2.45, 2.75) is 6.92 Å². The normalized spacial score (nSPS) is 10.3. The smallest absolute Gasteiger partial charge is 0.166 e. The summed E-state index contributed by atoms with van der Waals surface area (Å²) in [5, 5.41) is 9.83. The molecule has 2 aromatic heterocycles. The zero-order valence-electron chi connectivity index (χ0n) is 6.86. The Bertz CT molecular complexity index is 427. The molecule has 0 N–H and O–H groups in total. The molecule has 0 spiro atoms. The summed E-state index contributed by atoms with van der Waals surface area (Å²) in [5.41, 5.74) is 0.900. The first-order chi connectivity index (χ1) is 6.25. The van der Waals surface area contributed by atoms with E-state index in [1.165, 1.54) is 0 Å². The van der Waals surface area contributed by atoms with E-state index >= 15 is 0 Å². The predicted octanol–water partition coefficient (Wildman–Crippen LogP) is 2.51. The quantitative estimate of drug-likeness (QED) is 0.760. The standard InChI is InChI=1S/C8H6IN3S/c1-5-11-12-8(13-5)7-4-6(9)2-3-10-7/h2-4H,1H3. The number of nitrogens with zero attached hydrogens (tertiary/aromatic N) is 3. The molecule has 0 radical (unpaired) electrons. The lowest BCUT2D eigenvalue weighted by Gasteiger charge is -1.93.